The molecular weight excluding hydrogens is 319 g/mol. The lowest BCUT2D eigenvalue weighted by molar-refractivity contribution is -0.122. The van der Waals surface area contributed by atoms with E-state index in [0.717, 1.165) is 16.7 Å². The molecule has 1 fully saturated rings. The highest BCUT2D eigenvalue weighted by Gasteiger charge is 2.43. The Balaban J connectivity index is 1.58. The van der Waals surface area contributed by atoms with E-state index >= 15 is 0 Å². The molecule has 0 saturated heterocycles. The lowest BCUT2D eigenvalue weighted by Gasteiger charge is -2.00. The maximum absolute atomic E-state index is 13.7. The second kappa shape index (κ2) is 6.12. The SMILES string of the molecule is Cc1nn(C)c(F)c1/C=N/NC(=O)C1CC1c1ccc(Cl)cc1. The van der Waals surface area contributed by atoms with Crippen LogP contribution in [0.1, 0.15) is 29.2 Å². The van der Waals surface area contributed by atoms with Crippen molar-refractivity contribution < 1.29 is 9.18 Å². The van der Waals surface area contributed by atoms with E-state index in [1.165, 1.54) is 13.3 Å². The minimum atomic E-state index is -0.481. The Bertz CT molecular complexity index is 769. The summed E-state index contributed by atoms with van der Waals surface area (Å²) in [5, 5.41) is 8.46. The summed E-state index contributed by atoms with van der Waals surface area (Å²) in [4.78, 5) is 12.1. The highest BCUT2D eigenvalue weighted by atomic mass is 35.5. The molecule has 1 aromatic carbocycles. The van der Waals surface area contributed by atoms with E-state index in [9.17, 15) is 9.18 Å². The minimum absolute atomic E-state index is 0.104. The number of hydrogen-bond donors (Lipinski definition) is 1. The molecule has 1 saturated carbocycles. The van der Waals surface area contributed by atoms with Gasteiger partial charge in [0.25, 0.3) is 0 Å². The molecule has 1 N–H and O–H groups in total. The number of hydrogen-bond acceptors (Lipinski definition) is 3. The number of benzene rings is 1. The highest BCUT2D eigenvalue weighted by Crippen LogP contribution is 2.47. The third-order valence-corrected chi connectivity index (χ3v) is 4.24. The van der Waals surface area contributed by atoms with Gasteiger partial charge >= 0.3 is 0 Å². The van der Waals surface area contributed by atoms with Crippen molar-refractivity contribution in [2.45, 2.75) is 19.3 Å². The third-order valence-electron chi connectivity index (χ3n) is 3.99. The Labute approximate surface area is 138 Å². The monoisotopic (exact) mass is 334 g/mol. The number of carbonyl (C=O) groups excluding carboxylic acids is 1. The average molecular weight is 335 g/mol. The first-order valence-corrected chi connectivity index (χ1v) is 7.62. The Hall–Kier alpha value is -2.21. The molecule has 2 aromatic rings. The first kappa shape index (κ1) is 15.7. The molecule has 1 aliphatic carbocycles. The molecule has 0 bridgehead atoms. The van der Waals surface area contributed by atoms with Crippen LogP contribution < -0.4 is 5.43 Å². The standard InChI is InChI=1S/C16H16ClFN4O/c1-9-14(15(18)22(2)21-9)8-19-20-16(23)13-7-12(13)10-3-5-11(17)6-4-10/h3-6,8,12-13H,7H2,1-2H3,(H,20,23)/b19-8+. The van der Waals surface area contributed by atoms with Crippen LogP contribution in [-0.2, 0) is 11.8 Å². The smallest absolute Gasteiger partial charge is 0.243 e. The molecule has 0 spiro atoms. The van der Waals surface area contributed by atoms with E-state index in [-0.39, 0.29) is 23.3 Å². The molecule has 2 unspecified atom stereocenters. The predicted molar refractivity (Wildman–Crippen MR) is 85.9 cm³/mol. The van der Waals surface area contributed by atoms with Crippen LogP contribution in [0, 0.1) is 18.8 Å². The number of nitrogens with one attached hydrogen (secondary N) is 1. The molecular formula is C16H16ClFN4O. The van der Waals surface area contributed by atoms with Crippen LogP contribution in [-0.4, -0.2) is 21.9 Å². The van der Waals surface area contributed by atoms with E-state index < -0.39 is 5.95 Å². The largest absolute Gasteiger partial charge is 0.273 e. The number of aryl methyl sites for hydroxylation is 2. The van der Waals surface area contributed by atoms with Gasteiger partial charge in [-0.05, 0) is 37.0 Å². The van der Waals surface area contributed by atoms with Crippen molar-refractivity contribution in [2.24, 2.45) is 18.1 Å². The lowest BCUT2D eigenvalue weighted by Crippen LogP contribution is -2.20. The molecule has 23 heavy (non-hydrogen) atoms. The van der Waals surface area contributed by atoms with Crippen LogP contribution in [0.3, 0.4) is 0 Å². The molecule has 0 aliphatic heterocycles. The molecule has 2 atom stereocenters. The van der Waals surface area contributed by atoms with Crippen LogP contribution in [0.5, 0.6) is 0 Å². The van der Waals surface area contributed by atoms with E-state index in [1.807, 2.05) is 24.3 Å². The predicted octanol–water partition coefficient (Wildman–Crippen LogP) is 2.77. The van der Waals surface area contributed by atoms with Gasteiger partial charge in [-0.3, -0.25) is 4.79 Å². The summed E-state index contributed by atoms with van der Waals surface area (Å²) in [7, 11) is 1.51. The van der Waals surface area contributed by atoms with Gasteiger partial charge < -0.3 is 0 Å². The van der Waals surface area contributed by atoms with E-state index in [4.69, 9.17) is 11.6 Å². The first-order valence-electron chi connectivity index (χ1n) is 7.25. The van der Waals surface area contributed by atoms with E-state index in [1.54, 1.807) is 6.92 Å². The van der Waals surface area contributed by atoms with Crippen molar-refractivity contribution in [2.75, 3.05) is 0 Å². The summed E-state index contributed by atoms with van der Waals surface area (Å²) in [5.41, 5.74) is 4.36. The summed E-state index contributed by atoms with van der Waals surface area (Å²) in [6, 6.07) is 7.49. The molecule has 1 amide bonds. The zero-order valence-corrected chi connectivity index (χ0v) is 13.5. The molecule has 0 radical (unpaired) electrons. The zero-order valence-electron chi connectivity index (χ0n) is 12.8. The summed E-state index contributed by atoms with van der Waals surface area (Å²) in [5.74, 6) is -0.554. The molecule has 5 nitrogen and oxygen atoms in total. The van der Waals surface area contributed by atoms with Gasteiger partial charge in [0.05, 0.1) is 17.5 Å². The van der Waals surface area contributed by atoms with Gasteiger partial charge in [-0.2, -0.15) is 14.6 Å². The van der Waals surface area contributed by atoms with Crippen molar-refractivity contribution in [1.82, 2.24) is 15.2 Å². The lowest BCUT2D eigenvalue weighted by atomic mass is 10.1. The quantitative estimate of drug-likeness (QED) is 0.690. The molecule has 7 heteroatoms. The minimum Gasteiger partial charge on any atom is -0.273 e. The summed E-state index contributed by atoms with van der Waals surface area (Å²) >= 11 is 5.85. The van der Waals surface area contributed by atoms with Crippen molar-refractivity contribution in [3.05, 3.63) is 52.1 Å². The Morgan fingerprint density at radius 2 is 2.17 bits per heavy atom. The van der Waals surface area contributed by atoms with E-state index in [0.29, 0.717) is 10.7 Å². The van der Waals surface area contributed by atoms with Gasteiger partial charge in [0.2, 0.25) is 11.9 Å². The number of halogens is 2. The summed E-state index contributed by atoms with van der Waals surface area (Å²) in [6.45, 7) is 1.68. The number of rotatable bonds is 4. The van der Waals surface area contributed by atoms with Gasteiger partial charge in [0.1, 0.15) is 0 Å². The van der Waals surface area contributed by atoms with Crippen LogP contribution in [0.2, 0.25) is 5.02 Å². The summed E-state index contributed by atoms with van der Waals surface area (Å²) in [6.07, 6.45) is 2.07. The van der Waals surface area contributed by atoms with Crippen molar-refractivity contribution >= 4 is 23.7 Å². The van der Waals surface area contributed by atoms with Gasteiger partial charge in [-0.15, -0.1) is 0 Å². The highest BCUT2D eigenvalue weighted by molar-refractivity contribution is 6.30. The van der Waals surface area contributed by atoms with Gasteiger partial charge in [0.15, 0.2) is 0 Å². The van der Waals surface area contributed by atoms with Crippen LogP contribution in [0.4, 0.5) is 4.39 Å². The first-order chi connectivity index (χ1) is 11.0. The van der Waals surface area contributed by atoms with E-state index in [2.05, 4.69) is 15.6 Å². The van der Waals surface area contributed by atoms with Crippen LogP contribution in [0.15, 0.2) is 29.4 Å². The third kappa shape index (κ3) is 3.27. The molecule has 1 aliphatic rings. The van der Waals surface area contributed by atoms with Gasteiger partial charge in [-0.25, -0.2) is 10.1 Å². The Kier molecular flexibility index (Phi) is 4.17. The molecule has 1 heterocycles. The van der Waals surface area contributed by atoms with Gasteiger partial charge in [-0.1, -0.05) is 23.7 Å². The summed E-state index contributed by atoms with van der Waals surface area (Å²) < 4.78 is 14.9. The second-order valence-corrected chi connectivity index (χ2v) is 6.08. The molecule has 1 aromatic heterocycles. The fourth-order valence-corrected chi connectivity index (χ4v) is 2.73. The van der Waals surface area contributed by atoms with Gasteiger partial charge in [0, 0.05) is 18.0 Å². The normalized spacial score (nSPS) is 20.0. The van der Waals surface area contributed by atoms with Crippen molar-refractivity contribution in [3.8, 4) is 0 Å². The number of carbonyl (C=O) groups is 1. The second-order valence-electron chi connectivity index (χ2n) is 5.65. The maximum atomic E-state index is 13.7. The van der Waals surface area contributed by atoms with Crippen LogP contribution in [0.25, 0.3) is 0 Å². The number of nitrogens with zero attached hydrogens (tertiary/aromatic N) is 3. The Morgan fingerprint density at radius 3 is 2.78 bits per heavy atom. The number of amides is 1. The number of hydrazone groups is 1. The number of aromatic nitrogens is 2. The average Bonchev–Trinajstić information content (AvgIpc) is 3.27. The Morgan fingerprint density at radius 1 is 1.48 bits per heavy atom. The molecule has 3 rings (SSSR count). The van der Waals surface area contributed by atoms with Crippen molar-refractivity contribution in [1.29, 1.82) is 0 Å². The topological polar surface area (TPSA) is 59.3 Å². The zero-order chi connectivity index (χ0) is 16.6. The fraction of sp³-hybridized carbons (Fsp3) is 0.312. The van der Waals surface area contributed by atoms with Crippen LogP contribution >= 0.6 is 11.6 Å². The fourth-order valence-electron chi connectivity index (χ4n) is 2.60. The molecule has 120 valence electrons. The maximum Gasteiger partial charge on any atom is 0.243 e. The van der Waals surface area contributed by atoms with Crippen molar-refractivity contribution in [3.63, 3.8) is 0 Å².